The van der Waals surface area contributed by atoms with E-state index in [0.29, 0.717) is 18.4 Å². The van der Waals surface area contributed by atoms with Gasteiger partial charge in [-0.25, -0.2) is 4.98 Å². The average Bonchev–Trinajstić information content (AvgIpc) is 3.26. The minimum absolute atomic E-state index is 0.270. The fraction of sp³-hybridized carbons (Fsp3) is 0.385. The molecule has 7 nitrogen and oxygen atoms in total. The molecule has 0 fully saturated rings. The lowest BCUT2D eigenvalue weighted by atomic mass is 10.0. The fourth-order valence-corrected chi connectivity index (χ4v) is 3.68. The van der Waals surface area contributed by atoms with Crippen LogP contribution in [-0.2, 0) is 6.54 Å². The summed E-state index contributed by atoms with van der Waals surface area (Å²) < 4.78 is 2.08. The lowest BCUT2D eigenvalue weighted by molar-refractivity contribution is 0.613. The first-order chi connectivity index (χ1) is 16.0. The van der Waals surface area contributed by atoms with E-state index in [1.165, 1.54) is 5.56 Å². The van der Waals surface area contributed by atoms with E-state index in [9.17, 15) is 0 Å². The molecule has 1 aromatic carbocycles. The quantitative estimate of drug-likeness (QED) is 0.329. The number of benzene rings is 1. The Labute approximate surface area is 195 Å². The van der Waals surface area contributed by atoms with E-state index in [1.807, 2.05) is 12.5 Å². The van der Waals surface area contributed by atoms with Crippen LogP contribution in [-0.4, -0.2) is 31.0 Å². The maximum Gasteiger partial charge on any atom is 0.226 e. The van der Waals surface area contributed by atoms with Crippen molar-refractivity contribution >= 4 is 22.9 Å². The van der Waals surface area contributed by atoms with Gasteiger partial charge in [-0.3, -0.25) is 4.98 Å². The van der Waals surface area contributed by atoms with E-state index in [-0.39, 0.29) is 6.04 Å². The Balaban J connectivity index is 1.55. The van der Waals surface area contributed by atoms with Gasteiger partial charge in [-0.1, -0.05) is 45.0 Å². The average molecular weight is 444 g/mol. The maximum absolute atomic E-state index is 4.71. The highest BCUT2D eigenvalue weighted by Crippen LogP contribution is 2.25. The molecule has 0 spiro atoms. The van der Waals surface area contributed by atoms with Crippen LogP contribution in [0, 0.1) is 0 Å². The first-order valence-electron chi connectivity index (χ1n) is 11.7. The zero-order valence-electron chi connectivity index (χ0n) is 20.1. The number of hydrogen-bond donors (Lipinski definition) is 2. The van der Waals surface area contributed by atoms with Crippen molar-refractivity contribution in [3.05, 3.63) is 60.0 Å². The van der Waals surface area contributed by atoms with Crippen LogP contribution in [0.3, 0.4) is 0 Å². The summed E-state index contributed by atoms with van der Waals surface area (Å²) in [7, 11) is 0. The Morgan fingerprint density at radius 2 is 1.73 bits per heavy atom. The number of anilines is 2. The van der Waals surface area contributed by atoms with Crippen molar-refractivity contribution in [1.29, 1.82) is 0 Å². The van der Waals surface area contributed by atoms with Gasteiger partial charge >= 0.3 is 0 Å². The van der Waals surface area contributed by atoms with Gasteiger partial charge in [0.1, 0.15) is 0 Å². The second-order valence-corrected chi connectivity index (χ2v) is 8.92. The molecule has 0 atom stereocenters. The van der Waals surface area contributed by atoms with Crippen molar-refractivity contribution in [2.45, 2.75) is 59.5 Å². The Kier molecular flexibility index (Phi) is 6.87. The van der Waals surface area contributed by atoms with Crippen LogP contribution in [0.2, 0.25) is 0 Å². The summed E-state index contributed by atoms with van der Waals surface area (Å²) in [4.78, 5) is 18.5. The van der Waals surface area contributed by atoms with Gasteiger partial charge in [0, 0.05) is 30.9 Å². The lowest BCUT2D eigenvalue weighted by Gasteiger charge is -2.12. The Morgan fingerprint density at radius 1 is 0.939 bits per heavy atom. The van der Waals surface area contributed by atoms with E-state index in [4.69, 9.17) is 9.97 Å². The van der Waals surface area contributed by atoms with Gasteiger partial charge in [-0.2, -0.15) is 9.97 Å². The zero-order valence-corrected chi connectivity index (χ0v) is 20.1. The Hall–Kier alpha value is -3.48. The van der Waals surface area contributed by atoms with Crippen molar-refractivity contribution in [2.75, 3.05) is 17.2 Å². The van der Waals surface area contributed by atoms with Crippen molar-refractivity contribution in [3.63, 3.8) is 0 Å². The fourth-order valence-electron chi connectivity index (χ4n) is 3.68. The summed E-state index contributed by atoms with van der Waals surface area (Å²) in [6.07, 6.45) is 4.74. The molecule has 0 unspecified atom stereocenters. The van der Waals surface area contributed by atoms with Gasteiger partial charge in [-0.15, -0.1) is 0 Å². The molecular formula is C26H33N7. The van der Waals surface area contributed by atoms with Gasteiger partial charge in [0.2, 0.25) is 5.95 Å². The highest BCUT2D eigenvalue weighted by Gasteiger charge is 2.15. The molecule has 0 aliphatic heterocycles. The molecule has 172 valence electrons. The number of imidazole rings is 1. The van der Waals surface area contributed by atoms with Gasteiger partial charge in [0.05, 0.1) is 12.0 Å². The van der Waals surface area contributed by atoms with Gasteiger partial charge in [0.25, 0.3) is 0 Å². The van der Waals surface area contributed by atoms with Crippen LogP contribution in [0.1, 0.15) is 64.1 Å². The third kappa shape index (κ3) is 5.13. The standard InChI is InChI=1S/C26H33N7/c1-6-12-28-26-31-24(23-25(32-26)33(16-30-23)18(4)5)29-15-19-7-9-20(10-8-19)22-14-21(17(2)3)11-13-27-22/h7-11,13-14,16-18H,6,12,15H2,1-5H3,(H2,28,29,31,32). The molecular weight excluding hydrogens is 410 g/mol. The highest BCUT2D eigenvalue weighted by atomic mass is 15.2. The summed E-state index contributed by atoms with van der Waals surface area (Å²) in [5, 5.41) is 6.78. The van der Waals surface area contributed by atoms with Crippen molar-refractivity contribution < 1.29 is 0 Å². The summed E-state index contributed by atoms with van der Waals surface area (Å²) in [6.45, 7) is 12.3. The normalized spacial score (nSPS) is 11.5. The summed E-state index contributed by atoms with van der Waals surface area (Å²) in [5.41, 5.74) is 6.21. The van der Waals surface area contributed by atoms with Crippen molar-refractivity contribution in [2.24, 2.45) is 0 Å². The highest BCUT2D eigenvalue weighted by molar-refractivity contribution is 5.84. The van der Waals surface area contributed by atoms with E-state index < -0.39 is 0 Å². The molecule has 0 saturated heterocycles. The first-order valence-corrected chi connectivity index (χ1v) is 11.7. The molecule has 2 N–H and O–H groups in total. The molecule has 0 aliphatic rings. The minimum Gasteiger partial charge on any atom is -0.364 e. The van der Waals surface area contributed by atoms with Crippen LogP contribution >= 0.6 is 0 Å². The molecule has 0 aliphatic carbocycles. The third-order valence-corrected chi connectivity index (χ3v) is 5.67. The molecule has 7 heteroatoms. The predicted octanol–water partition coefficient (Wildman–Crippen LogP) is 6.03. The number of nitrogens with zero attached hydrogens (tertiary/aromatic N) is 5. The number of hydrogen-bond acceptors (Lipinski definition) is 6. The second kappa shape index (κ2) is 9.98. The number of fused-ring (bicyclic) bond motifs is 1. The van der Waals surface area contributed by atoms with Crippen LogP contribution in [0.5, 0.6) is 0 Å². The molecule has 0 bridgehead atoms. The number of rotatable bonds is 9. The summed E-state index contributed by atoms with van der Waals surface area (Å²) in [5.74, 6) is 1.85. The number of pyridine rings is 1. The number of nitrogens with one attached hydrogen (secondary N) is 2. The lowest BCUT2D eigenvalue weighted by Crippen LogP contribution is -2.10. The van der Waals surface area contributed by atoms with E-state index in [1.54, 1.807) is 0 Å². The Morgan fingerprint density at radius 3 is 2.42 bits per heavy atom. The Bertz CT molecular complexity index is 1210. The monoisotopic (exact) mass is 443 g/mol. The maximum atomic E-state index is 4.71. The molecule has 0 saturated carbocycles. The van der Waals surface area contributed by atoms with Gasteiger partial charge in [0.15, 0.2) is 17.0 Å². The predicted molar refractivity (Wildman–Crippen MR) is 136 cm³/mol. The molecule has 4 rings (SSSR count). The molecule has 33 heavy (non-hydrogen) atoms. The zero-order chi connectivity index (χ0) is 23.4. The van der Waals surface area contributed by atoms with Crippen LogP contribution in [0.15, 0.2) is 48.9 Å². The van der Waals surface area contributed by atoms with Crippen LogP contribution in [0.4, 0.5) is 11.8 Å². The van der Waals surface area contributed by atoms with E-state index >= 15 is 0 Å². The topological polar surface area (TPSA) is 80.5 Å². The van der Waals surface area contributed by atoms with Gasteiger partial charge in [-0.05, 0) is 49.4 Å². The van der Waals surface area contributed by atoms with Crippen LogP contribution in [0.25, 0.3) is 22.4 Å². The SMILES string of the molecule is CCCNc1nc(NCc2ccc(-c3cc(C(C)C)ccn3)cc2)c2ncn(C(C)C)c2n1. The molecule has 0 radical (unpaired) electrons. The third-order valence-electron chi connectivity index (χ3n) is 5.67. The summed E-state index contributed by atoms with van der Waals surface area (Å²) >= 11 is 0. The molecule has 0 amide bonds. The number of aromatic nitrogens is 5. The van der Waals surface area contributed by atoms with Crippen molar-refractivity contribution in [3.8, 4) is 11.3 Å². The minimum atomic E-state index is 0.270. The van der Waals surface area contributed by atoms with Crippen LogP contribution < -0.4 is 10.6 Å². The first kappa shape index (κ1) is 22.7. The van der Waals surface area contributed by atoms with E-state index in [0.717, 1.165) is 46.8 Å². The smallest absolute Gasteiger partial charge is 0.226 e. The second-order valence-electron chi connectivity index (χ2n) is 8.92. The molecule has 4 aromatic rings. The largest absolute Gasteiger partial charge is 0.364 e. The molecule has 3 aromatic heterocycles. The summed E-state index contributed by atoms with van der Waals surface area (Å²) in [6, 6.07) is 13.0. The van der Waals surface area contributed by atoms with E-state index in [2.05, 4.69) is 96.2 Å². The molecule has 3 heterocycles. The van der Waals surface area contributed by atoms with Crippen molar-refractivity contribution in [1.82, 2.24) is 24.5 Å². The van der Waals surface area contributed by atoms with Gasteiger partial charge < -0.3 is 15.2 Å².